The molecule has 1 amide bonds. The van der Waals surface area contributed by atoms with Gasteiger partial charge in [0.05, 0.1) is 18.4 Å². The third-order valence-electron chi connectivity index (χ3n) is 4.04. The average Bonchev–Trinajstić information content (AvgIpc) is 3.17. The van der Waals surface area contributed by atoms with Crippen LogP contribution in [0.2, 0.25) is 0 Å². The van der Waals surface area contributed by atoms with Crippen molar-refractivity contribution in [3.05, 3.63) is 41.7 Å². The third kappa shape index (κ3) is 2.48. The van der Waals surface area contributed by atoms with Gasteiger partial charge in [-0.05, 0) is 24.6 Å². The molecule has 0 bridgehead atoms. The molecule has 0 unspecified atom stereocenters. The number of carbonyl (C=O) groups excluding carboxylic acids is 2. The number of aromatic nitrogens is 1. The zero-order valence-electron chi connectivity index (χ0n) is 13.2. The molecule has 1 aromatic carbocycles. The van der Waals surface area contributed by atoms with Gasteiger partial charge in [-0.2, -0.15) is 5.26 Å². The Bertz CT molecular complexity index is 863. The lowest BCUT2D eigenvalue weighted by molar-refractivity contribution is -0.117. The molecule has 24 heavy (non-hydrogen) atoms. The number of amides is 1. The van der Waals surface area contributed by atoms with Crippen LogP contribution in [0.25, 0.3) is 5.69 Å². The second-order valence-corrected chi connectivity index (χ2v) is 5.45. The summed E-state index contributed by atoms with van der Waals surface area (Å²) in [7, 11) is 1.25. The van der Waals surface area contributed by atoms with Crippen LogP contribution in [0.15, 0.2) is 30.5 Å². The second-order valence-electron chi connectivity index (χ2n) is 5.45. The van der Waals surface area contributed by atoms with Crippen molar-refractivity contribution in [2.75, 3.05) is 24.3 Å². The highest BCUT2D eigenvalue weighted by atomic mass is 16.5. The largest absolute Gasteiger partial charge is 0.464 e. The molecule has 0 atom stereocenters. The summed E-state index contributed by atoms with van der Waals surface area (Å²) >= 11 is 0. The Morgan fingerprint density at radius 3 is 2.75 bits per heavy atom. The first-order chi connectivity index (χ1) is 11.6. The van der Waals surface area contributed by atoms with Crippen LogP contribution in [0.4, 0.5) is 11.4 Å². The number of anilines is 2. The molecule has 0 aliphatic carbocycles. The minimum atomic E-state index is -0.628. The van der Waals surface area contributed by atoms with Crippen molar-refractivity contribution in [3.8, 4) is 11.8 Å². The standard InChI is InChI=1S/C17H16N4O3/c1-24-17(23)16-15(19)11(9-18)10-21(16)13-5-2-4-12(8-13)20-7-3-6-14(20)22/h2,4-5,8,10H,3,6-7,19H2,1H3. The summed E-state index contributed by atoms with van der Waals surface area (Å²) < 4.78 is 6.29. The summed E-state index contributed by atoms with van der Waals surface area (Å²) in [6, 6.07) is 9.15. The van der Waals surface area contributed by atoms with Crippen LogP contribution in [-0.2, 0) is 9.53 Å². The number of benzene rings is 1. The van der Waals surface area contributed by atoms with Crippen LogP contribution in [-0.4, -0.2) is 30.1 Å². The van der Waals surface area contributed by atoms with Crippen LogP contribution in [0, 0.1) is 11.3 Å². The zero-order valence-corrected chi connectivity index (χ0v) is 13.2. The van der Waals surface area contributed by atoms with Gasteiger partial charge in [-0.3, -0.25) is 4.79 Å². The van der Waals surface area contributed by atoms with Crippen LogP contribution < -0.4 is 10.6 Å². The maximum atomic E-state index is 12.1. The van der Waals surface area contributed by atoms with Crippen molar-refractivity contribution in [2.24, 2.45) is 0 Å². The molecule has 2 heterocycles. The third-order valence-corrected chi connectivity index (χ3v) is 4.04. The summed E-state index contributed by atoms with van der Waals surface area (Å²) in [4.78, 5) is 25.7. The monoisotopic (exact) mass is 324 g/mol. The predicted octanol–water partition coefficient (Wildman–Crippen LogP) is 1.84. The first-order valence-electron chi connectivity index (χ1n) is 7.47. The van der Waals surface area contributed by atoms with E-state index in [9.17, 15) is 14.9 Å². The number of hydrogen-bond acceptors (Lipinski definition) is 5. The van der Waals surface area contributed by atoms with Crippen molar-refractivity contribution >= 4 is 23.3 Å². The first kappa shape index (κ1) is 15.6. The predicted molar refractivity (Wildman–Crippen MR) is 87.8 cm³/mol. The minimum absolute atomic E-state index is 0.0741. The Kier molecular flexibility index (Phi) is 3.96. The van der Waals surface area contributed by atoms with E-state index in [-0.39, 0.29) is 22.9 Å². The van der Waals surface area contributed by atoms with Crippen molar-refractivity contribution in [3.63, 3.8) is 0 Å². The molecule has 2 aromatic rings. The zero-order chi connectivity index (χ0) is 17.3. The van der Waals surface area contributed by atoms with Gasteiger partial charge in [-0.1, -0.05) is 6.07 Å². The maximum absolute atomic E-state index is 12.1. The van der Waals surface area contributed by atoms with Crippen LogP contribution >= 0.6 is 0 Å². The smallest absolute Gasteiger partial charge is 0.357 e. The van der Waals surface area contributed by atoms with Gasteiger partial charge in [0.2, 0.25) is 5.91 Å². The Balaban J connectivity index is 2.11. The second kappa shape index (κ2) is 6.08. The number of nitrogens with two attached hydrogens (primary N) is 1. The van der Waals surface area contributed by atoms with Gasteiger partial charge < -0.3 is 19.9 Å². The summed E-state index contributed by atoms with van der Waals surface area (Å²) in [5.41, 5.74) is 7.64. The van der Waals surface area contributed by atoms with E-state index in [4.69, 9.17) is 10.5 Å². The summed E-state index contributed by atoms with van der Waals surface area (Å²) in [5.74, 6) is -0.554. The topological polar surface area (TPSA) is 101 Å². The quantitative estimate of drug-likeness (QED) is 0.868. The van der Waals surface area contributed by atoms with Crippen molar-refractivity contribution in [2.45, 2.75) is 12.8 Å². The van der Waals surface area contributed by atoms with Gasteiger partial charge in [0.1, 0.15) is 6.07 Å². The lowest BCUT2D eigenvalue weighted by Gasteiger charge is -2.17. The van der Waals surface area contributed by atoms with E-state index in [1.54, 1.807) is 23.1 Å². The number of esters is 1. The minimum Gasteiger partial charge on any atom is -0.464 e. The highest BCUT2D eigenvalue weighted by Crippen LogP contribution is 2.28. The van der Waals surface area contributed by atoms with Crippen molar-refractivity contribution in [1.82, 2.24) is 4.57 Å². The summed E-state index contributed by atoms with van der Waals surface area (Å²) in [6.07, 6.45) is 2.85. The molecule has 0 saturated carbocycles. The lowest BCUT2D eigenvalue weighted by Crippen LogP contribution is -2.23. The Labute approximate surface area is 138 Å². The van der Waals surface area contributed by atoms with E-state index < -0.39 is 5.97 Å². The fourth-order valence-electron chi connectivity index (χ4n) is 2.85. The van der Waals surface area contributed by atoms with Crippen molar-refractivity contribution < 1.29 is 14.3 Å². The Morgan fingerprint density at radius 1 is 1.38 bits per heavy atom. The van der Waals surface area contributed by atoms with Gasteiger partial charge in [0, 0.05) is 30.5 Å². The number of rotatable bonds is 3. The van der Waals surface area contributed by atoms with Gasteiger partial charge in [0.15, 0.2) is 5.69 Å². The number of nitrogen functional groups attached to an aromatic ring is 1. The molecule has 1 aliphatic rings. The average molecular weight is 324 g/mol. The fraction of sp³-hybridized carbons (Fsp3) is 0.235. The van der Waals surface area contributed by atoms with E-state index >= 15 is 0 Å². The first-order valence-corrected chi connectivity index (χ1v) is 7.47. The molecule has 122 valence electrons. The van der Waals surface area contributed by atoms with Crippen LogP contribution in [0.1, 0.15) is 28.9 Å². The molecule has 7 heteroatoms. The lowest BCUT2D eigenvalue weighted by atomic mass is 10.2. The molecule has 0 spiro atoms. The molecular weight excluding hydrogens is 308 g/mol. The highest BCUT2D eigenvalue weighted by molar-refractivity contribution is 5.97. The number of methoxy groups -OCH3 is 1. The molecule has 2 N–H and O–H groups in total. The molecule has 1 saturated heterocycles. The molecule has 1 aliphatic heterocycles. The summed E-state index contributed by atoms with van der Waals surface area (Å²) in [6.45, 7) is 0.670. The van der Waals surface area contributed by atoms with Crippen LogP contribution in [0.3, 0.4) is 0 Å². The Morgan fingerprint density at radius 2 is 2.12 bits per heavy atom. The number of hydrogen-bond donors (Lipinski definition) is 1. The molecule has 7 nitrogen and oxygen atoms in total. The Hall–Kier alpha value is -3.27. The van der Waals surface area contributed by atoms with Gasteiger partial charge in [-0.15, -0.1) is 0 Å². The maximum Gasteiger partial charge on any atom is 0.357 e. The molecule has 1 aromatic heterocycles. The SMILES string of the molecule is COC(=O)c1c(N)c(C#N)cn1-c1cccc(N2CCCC2=O)c1. The van der Waals surface area contributed by atoms with Gasteiger partial charge in [-0.25, -0.2) is 4.79 Å². The van der Waals surface area contributed by atoms with E-state index in [1.807, 2.05) is 12.1 Å². The molecular formula is C17H16N4O3. The van der Waals surface area contributed by atoms with Gasteiger partial charge >= 0.3 is 5.97 Å². The number of nitrogens with zero attached hydrogens (tertiary/aromatic N) is 3. The number of nitriles is 1. The number of carbonyl (C=O) groups is 2. The van der Waals surface area contributed by atoms with E-state index in [1.165, 1.54) is 17.9 Å². The van der Waals surface area contributed by atoms with Gasteiger partial charge in [0.25, 0.3) is 0 Å². The molecule has 1 fully saturated rings. The summed E-state index contributed by atoms with van der Waals surface area (Å²) in [5, 5.41) is 9.17. The molecule has 3 rings (SSSR count). The molecule has 0 radical (unpaired) electrons. The number of ether oxygens (including phenoxy) is 1. The normalized spacial score (nSPS) is 13.8. The van der Waals surface area contributed by atoms with E-state index in [2.05, 4.69) is 0 Å². The van der Waals surface area contributed by atoms with E-state index in [0.29, 0.717) is 18.7 Å². The van der Waals surface area contributed by atoms with E-state index in [0.717, 1.165) is 12.1 Å². The highest BCUT2D eigenvalue weighted by Gasteiger charge is 2.24. The van der Waals surface area contributed by atoms with Crippen molar-refractivity contribution in [1.29, 1.82) is 5.26 Å². The fourth-order valence-corrected chi connectivity index (χ4v) is 2.85. The van der Waals surface area contributed by atoms with Crippen LogP contribution in [0.5, 0.6) is 0 Å².